The molecule has 0 fully saturated rings. The summed E-state index contributed by atoms with van der Waals surface area (Å²) in [4.78, 5) is 12.5. The van der Waals surface area contributed by atoms with Gasteiger partial charge in [-0.3, -0.25) is 15.6 Å². The molecule has 0 unspecified atom stereocenters. The Morgan fingerprint density at radius 1 is 1.08 bits per heavy atom. The number of nitrogens with one attached hydrogen (secondary N) is 3. The van der Waals surface area contributed by atoms with Gasteiger partial charge in [-0.1, -0.05) is 47.1 Å². The standard InChI is InChI=1S/C18H15ClN4O2S/c1-11-15(16(23-25-11)12-5-3-2-4-6-12)17(24)21-22-18(26)20-14-9-7-13(19)8-10-14/h2-10H,1H3,(H,21,24)(H2,20,22,26). The van der Waals surface area contributed by atoms with Gasteiger partial charge in [-0.25, -0.2) is 0 Å². The summed E-state index contributed by atoms with van der Waals surface area (Å²) in [6.45, 7) is 1.68. The molecule has 8 heteroatoms. The van der Waals surface area contributed by atoms with Crippen LogP contribution < -0.4 is 16.2 Å². The molecule has 1 amide bonds. The number of thiocarbonyl (C=S) groups is 1. The van der Waals surface area contributed by atoms with Gasteiger partial charge >= 0.3 is 0 Å². The molecule has 0 aliphatic rings. The molecule has 0 spiro atoms. The maximum Gasteiger partial charge on any atom is 0.275 e. The number of anilines is 1. The number of aryl methyl sites for hydroxylation is 1. The van der Waals surface area contributed by atoms with Gasteiger partial charge in [-0.15, -0.1) is 0 Å². The molecule has 1 heterocycles. The lowest BCUT2D eigenvalue weighted by Crippen LogP contribution is -2.44. The Morgan fingerprint density at radius 2 is 1.77 bits per heavy atom. The number of hydrazine groups is 1. The van der Waals surface area contributed by atoms with Crippen molar-refractivity contribution in [2.75, 3.05) is 5.32 Å². The Kier molecular flexibility index (Phi) is 5.50. The van der Waals surface area contributed by atoms with E-state index in [1.165, 1.54) is 0 Å². The zero-order valence-corrected chi connectivity index (χ0v) is 15.3. The fourth-order valence-corrected chi connectivity index (χ4v) is 2.60. The molecule has 2 aromatic carbocycles. The lowest BCUT2D eigenvalue weighted by Gasteiger charge is -2.11. The Balaban J connectivity index is 1.66. The van der Waals surface area contributed by atoms with E-state index in [1.54, 1.807) is 31.2 Å². The number of rotatable bonds is 3. The molecule has 0 saturated carbocycles. The maximum absolute atomic E-state index is 12.5. The zero-order chi connectivity index (χ0) is 18.5. The summed E-state index contributed by atoms with van der Waals surface area (Å²) in [6.07, 6.45) is 0. The molecule has 132 valence electrons. The first-order valence-corrected chi connectivity index (χ1v) is 8.48. The summed E-state index contributed by atoms with van der Waals surface area (Å²) in [5.41, 5.74) is 7.55. The summed E-state index contributed by atoms with van der Waals surface area (Å²) in [7, 11) is 0. The lowest BCUT2D eigenvalue weighted by molar-refractivity contribution is 0.0943. The monoisotopic (exact) mass is 386 g/mol. The number of hydrogen-bond donors (Lipinski definition) is 3. The molecule has 6 nitrogen and oxygen atoms in total. The molecular formula is C18H15ClN4O2S. The van der Waals surface area contributed by atoms with Gasteiger partial charge in [0.2, 0.25) is 0 Å². The van der Waals surface area contributed by atoms with Crippen molar-refractivity contribution in [3.05, 3.63) is 70.9 Å². The summed E-state index contributed by atoms with van der Waals surface area (Å²) >= 11 is 11.0. The zero-order valence-electron chi connectivity index (χ0n) is 13.7. The van der Waals surface area contributed by atoms with Gasteiger partial charge in [0.05, 0.1) is 0 Å². The molecule has 0 atom stereocenters. The van der Waals surface area contributed by atoms with Gasteiger partial charge < -0.3 is 9.84 Å². The van der Waals surface area contributed by atoms with E-state index in [-0.39, 0.29) is 5.11 Å². The van der Waals surface area contributed by atoms with Crippen molar-refractivity contribution in [1.29, 1.82) is 0 Å². The first kappa shape index (κ1) is 17.9. The molecular weight excluding hydrogens is 372 g/mol. The lowest BCUT2D eigenvalue weighted by atomic mass is 10.1. The fourth-order valence-electron chi connectivity index (χ4n) is 2.30. The molecule has 3 N–H and O–H groups in total. The van der Waals surface area contributed by atoms with Crippen molar-refractivity contribution in [1.82, 2.24) is 16.0 Å². The number of benzene rings is 2. The summed E-state index contributed by atoms with van der Waals surface area (Å²) in [6, 6.07) is 16.3. The van der Waals surface area contributed by atoms with E-state index >= 15 is 0 Å². The van der Waals surface area contributed by atoms with Crippen LogP contribution in [0.3, 0.4) is 0 Å². The SMILES string of the molecule is Cc1onc(-c2ccccc2)c1C(=O)NNC(=S)Nc1ccc(Cl)cc1. The number of carbonyl (C=O) groups excluding carboxylic acids is 1. The van der Waals surface area contributed by atoms with Crippen LogP contribution >= 0.6 is 23.8 Å². The van der Waals surface area contributed by atoms with Crippen molar-refractivity contribution in [2.24, 2.45) is 0 Å². The third kappa shape index (κ3) is 4.19. The van der Waals surface area contributed by atoms with Gasteiger partial charge in [0.25, 0.3) is 5.91 Å². The minimum Gasteiger partial charge on any atom is -0.360 e. The third-order valence-corrected chi connectivity index (χ3v) is 3.98. The maximum atomic E-state index is 12.5. The predicted octanol–water partition coefficient (Wildman–Crippen LogP) is 3.93. The molecule has 0 bridgehead atoms. The van der Waals surface area contributed by atoms with E-state index in [0.717, 1.165) is 11.3 Å². The van der Waals surface area contributed by atoms with Gasteiger partial charge in [0.1, 0.15) is 17.0 Å². The van der Waals surface area contributed by atoms with Crippen LogP contribution in [0.1, 0.15) is 16.1 Å². The molecule has 0 radical (unpaired) electrons. The van der Waals surface area contributed by atoms with E-state index in [0.29, 0.717) is 22.0 Å². The van der Waals surface area contributed by atoms with Crippen LogP contribution in [0, 0.1) is 6.92 Å². The summed E-state index contributed by atoms with van der Waals surface area (Å²) < 4.78 is 5.19. The van der Waals surface area contributed by atoms with Crippen molar-refractivity contribution < 1.29 is 9.32 Å². The van der Waals surface area contributed by atoms with E-state index in [9.17, 15) is 4.79 Å². The molecule has 26 heavy (non-hydrogen) atoms. The number of halogens is 1. The highest BCUT2D eigenvalue weighted by Crippen LogP contribution is 2.24. The molecule has 3 aromatic rings. The first-order valence-electron chi connectivity index (χ1n) is 7.69. The van der Waals surface area contributed by atoms with Gasteiger partial charge in [-0.05, 0) is 43.4 Å². The second-order valence-corrected chi connectivity index (χ2v) is 6.21. The smallest absolute Gasteiger partial charge is 0.275 e. The van der Waals surface area contributed by atoms with Gasteiger partial charge in [0, 0.05) is 16.3 Å². The second kappa shape index (κ2) is 7.99. The average molecular weight is 387 g/mol. The van der Waals surface area contributed by atoms with Crippen LogP contribution in [-0.2, 0) is 0 Å². The molecule has 3 rings (SSSR count). The van der Waals surface area contributed by atoms with Gasteiger partial charge in [0.15, 0.2) is 5.11 Å². The Labute approximate surface area is 160 Å². The quantitative estimate of drug-likeness (QED) is 0.467. The van der Waals surface area contributed by atoms with E-state index < -0.39 is 5.91 Å². The Bertz CT molecular complexity index is 926. The van der Waals surface area contributed by atoms with E-state index in [1.807, 2.05) is 30.3 Å². The van der Waals surface area contributed by atoms with Crippen molar-refractivity contribution in [3.63, 3.8) is 0 Å². The van der Waals surface area contributed by atoms with Crippen LogP contribution in [0.5, 0.6) is 0 Å². The van der Waals surface area contributed by atoms with Crippen molar-refractivity contribution >= 4 is 40.5 Å². The van der Waals surface area contributed by atoms with Crippen LogP contribution in [-0.4, -0.2) is 16.2 Å². The van der Waals surface area contributed by atoms with Gasteiger partial charge in [-0.2, -0.15) is 0 Å². The second-order valence-electron chi connectivity index (χ2n) is 5.37. The minimum absolute atomic E-state index is 0.232. The largest absolute Gasteiger partial charge is 0.360 e. The highest BCUT2D eigenvalue weighted by atomic mass is 35.5. The third-order valence-electron chi connectivity index (χ3n) is 3.53. The van der Waals surface area contributed by atoms with Crippen LogP contribution in [0.4, 0.5) is 5.69 Å². The van der Waals surface area contributed by atoms with E-state index in [2.05, 4.69) is 21.3 Å². The summed E-state index contributed by atoms with van der Waals surface area (Å²) in [5, 5.41) is 7.78. The number of nitrogens with zero attached hydrogens (tertiary/aromatic N) is 1. The molecule has 1 aromatic heterocycles. The highest BCUT2D eigenvalue weighted by Gasteiger charge is 2.21. The number of aromatic nitrogens is 1. The number of carbonyl (C=O) groups is 1. The Hall–Kier alpha value is -2.90. The van der Waals surface area contributed by atoms with Crippen LogP contribution in [0.15, 0.2) is 59.1 Å². The fraction of sp³-hybridized carbons (Fsp3) is 0.0556. The van der Waals surface area contributed by atoms with Crippen molar-refractivity contribution in [3.8, 4) is 11.3 Å². The minimum atomic E-state index is -0.400. The van der Waals surface area contributed by atoms with Crippen molar-refractivity contribution in [2.45, 2.75) is 6.92 Å². The Morgan fingerprint density at radius 3 is 2.46 bits per heavy atom. The number of amides is 1. The molecule has 0 aliphatic heterocycles. The molecule has 0 saturated heterocycles. The summed E-state index contributed by atoms with van der Waals surface area (Å²) in [5.74, 6) is 0.0163. The highest BCUT2D eigenvalue weighted by molar-refractivity contribution is 7.80. The van der Waals surface area contributed by atoms with Crippen LogP contribution in [0.25, 0.3) is 11.3 Å². The van der Waals surface area contributed by atoms with Crippen LogP contribution in [0.2, 0.25) is 5.02 Å². The topological polar surface area (TPSA) is 79.2 Å². The normalized spacial score (nSPS) is 10.2. The average Bonchev–Trinajstić information content (AvgIpc) is 3.04. The first-order chi connectivity index (χ1) is 12.5. The van der Waals surface area contributed by atoms with E-state index in [4.69, 9.17) is 28.3 Å². The predicted molar refractivity (Wildman–Crippen MR) is 105 cm³/mol. The molecule has 0 aliphatic carbocycles. The number of hydrogen-bond acceptors (Lipinski definition) is 4.